The van der Waals surface area contributed by atoms with Crippen molar-refractivity contribution in [2.75, 3.05) is 27.1 Å². The molecule has 1 aliphatic carbocycles. The Morgan fingerprint density at radius 3 is 1.95 bits per heavy atom. The smallest absolute Gasteiger partial charge is 0.310 e. The Kier molecular flexibility index (Phi) is 25.8. The number of halogens is 2. The van der Waals surface area contributed by atoms with Gasteiger partial charge in [0.2, 0.25) is 5.78 Å². The van der Waals surface area contributed by atoms with Gasteiger partial charge in [0.15, 0.2) is 0 Å². The van der Waals surface area contributed by atoms with Gasteiger partial charge in [-0.15, -0.1) is 0 Å². The molecule has 0 bridgehead atoms. The van der Waals surface area contributed by atoms with Crippen LogP contribution in [0.25, 0.3) is 49.8 Å². The number of fused-ring (bicyclic) bond motifs is 6. The summed E-state index contributed by atoms with van der Waals surface area (Å²) in [5.74, 6) is -4.25. The second-order valence-electron chi connectivity index (χ2n) is 25.5. The molecule has 0 radical (unpaired) electrons. The number of ketones is 1. The number of hydrogen-bond donors (Lipinski definition) is 6. The number of carbonyl (C=O) groups is 7. The highest BCUT2D eigenvalue weighted by molar-refractivity contribution is 7.84. The van der Waals surface area contributed by atoms with E-state index in [-0.39, 0.29) is 43.2 Å². The van der Waals surface area contributed by atoms with Crippen LogP contribution in [0, 0.1) is 12.7 Å². The highest BCUT2D eigenvalue weighted by atomic mass is 35.5. The number of para-hydroxylation sites is 1. The van der Waals surface area contributed by atoms with E-state index in [1.54, 1.807) is 123 Å². The van der Waals surface area contributed by atoms with Crippen LogP contribution in [0.1, 0.15) is 135 Å². The lowest BCUT2D eigenvalue weighted by Crippen LogP contribution is -2.37. The van der Waals surface area contributed by atoms with Gasteiger partial charge in [0.25, 0.3) is 5.91 Å². The number of aromatic amines is 1. The first-order valence-electron chi connectivity index (χ1n) is 33.9. The van der Waals surface area contributed by atoms with Crippen molar-refractivity contribution >= 4 is 114 Å². The van der Waals surface area contributed by atoms with Gasteiger partial charge in [-0.05, 0) is 204 Å². The topological polar surface area (TPSA) is 291 Å². The number of ether oxygens (including phenoxy) is 3. The molecule has 4 heterocycles. The minimum Gasteiger partial charge on any atom is -0.497 e. The van der Waals surface area contributed by atoms with E-state index in [1.165, 1.54) is 40.3 Å². The molecule has 3 aromatic heterocycles. The van der Waals surface area contributed by atoms with Gasteiger partial charge in [0.1, 0.15) is 22.9 Å². The van der Waals surface area contributed by atoms with E-state index in [1.807, 2.05) is 87.5 Å². The van der Waals surface area contributed by atoms with E-state index in [0.717, 1.165) is 78.9 Å². The zero-order chi connectivity index (χ0) is 76.8. The first-order valence-corrected chi connectivity index (χ1v) is 35.9. The maximum Gasteiger partial charge on any atom is 0.310 e. The molecule has 8 aromatic carbocycles. The number of nitrogens with zero attached hydrogens (tertiary/aromatic N) is 2. The minimum absolute atomic E-state index is 0.00474. The zero-order valence-corrected chi connectivity index (χ0v) is 61.5. The lowest BCUT2D eigenvalue weighted by molar-refractivity contribution is -0.149. The lowest BCUT2D eigenvalue weighted by Gasteiger charge is -2.35. The normalized spacial score (nSPS) is 14.3. The van der Waals surface area contributed by atoms with Crippen LogP contribution >= 0.6 is 11.6 Å². The number of hydrogen-bond acceptors (Lipinski definition) is 11. The Hall–Kier alpha value is -11.5. The van der Waals surface area contributed by atoms with Crippen LogP contribution in [0.3, 0.4) is 0 Å². The molecule has 0 saturated carbocycles. The van der Waals surface area contributed by atoms with Gasteiger partial charge < -0.3 is 49.3 Å². The van der Waals surface area contributed by atoms with E-state index in [2.05, 4.69) is 30.1 Å². The third kappa shape index (κ3) is 18.5. The van der Waals surface area contributed by atoms with Crippen LogP contribution in [0.4, 0.5) is 4.39 Å². The Labute approximate surface area is 619 Å². The molecule has 548 valence electrons. The maximum atomic E-state index is 13.7. The fourth-order valence-electron chi connectivity index (χ4n) is 12.9. The van der Waals surface area contributed by atoms with Crippen molar-refractivity contribution in [2.45, 2.75) is 96.0 Å². The Morgan fingerprint density at radius 2 is 1.33 bits per heavy atom. The number of benzene rings is 8. The highest BCUT2D eigenvalue weighted by Crippen LogP contribution is 2.45. The van der Waals surface area contributed by atoms with Gasteiger partial charge in [0.05, 0.1) is 69.3 Å². The summed E-state index contributed by atoms with van der Waals surface area (Å²) in [4.78, 5) is 84.5. The molecule has 2 aliphatic rings. The number of nitrogens with one attached hydrogen (secondary N) is 1. The van der Waals surface area contributed by atoms with E-state index in [0.29, 0.717) is 73.9 Å². The number of methoxy groups -OCH3 is 2. The average Bonchev–Trinajstić information content (AvgIpc) is 1.57. The quantitative estimate of drug-likeness (QED) is 0.0410. The maximum absolute atomic E-state index is 13.7. The monoisotopic (exact) mass is 1470 g/mol. The molecular weight excluding hydrogens is 1390 g/mol. The number of carboxylic acid groups (broad SMARTS) is 5. The molecule has 0 fully saturated rings. The van der Waals surface area contributed by atoms with E-state index in [4.69, 9.17) is 46.2 Å². The molecule has 19 nitrogen and oxygen atoms in total. The fourth-order valence-corrected chi connectivity index (χ4v) is 13.5. The molecule has 6 N–H and O–H groups in total. The predicted octanol–water partition coefficient (Wildman–Crippen LogP) is 16.6. The van der Waals surface area contributed by atoms with Crippen molar-refractivity contribution in [1.29, 1.82) is 0 Å². The summed E-state index contributed by atoms with van der Waals surface area (Å²) in [6.45, 7) is 10.2. The largest absolute Gasteiger partial charge is 0.497 e. The van der Waals surface area contributed by atoms with Crippen molar-refractivity contribution in [3.63, 3.8) is 0 Å². The molecule has 3 unspecified atom stereocenters. The molecule has 1 aliphatic heterocycles. The van der Waals surface area contributed by atoms with Crippen LogP contribution in [-0.4, -0.2) is 112 Å². The molecular formula is C84H81ClFN3O16S. The number of aromatic nitrogens is 3. The van der Waals surface area contributed by atoms with Crippen molar-refractivity contribution in [3.05, 3.63) is 271 Å². The number of allylic oxidation sites excluding steroid dienone is 2. The summed E-state index contributed by atoms with van der Waals surface area (Å²) >= 11 is 5.85. The first-order chi connectivity index (χ1) is 50.6. The second kappa shape index (κ2) is 34.8. The van der Waals surface area contributed by atoms with Gasteiger partial charge in [-0.25, -0.2) is 4.39 Å². The summed E-state index contributed by atoms with van der Waals surface area (Å²) in [6, 6.07) is 52.0. The third-order valence-electron chi connectivity index (χ3n) is 18.7. The number of carbonyl (C=O) groups excluding carboxylic acids is 2. The summed E-state index contributed by atoms with van der Waals surface area (Å²) in [5.41, 5.74) is 13.9. The van der Waals surface area contributed by atoms with Crippen molar-refractivity contribution in [3.8, 4) is 11.5 Å². The second-order valence-corrected chi connectivity index (χ2v) is 27.3. The van der Waals surface area contributed by atoms with Crippen LogP contribution in [-0.2, 0) is 77.8 Å². The Morgan fingerprint density at radius 1 is 0.689 bits per heavy atom. The minimum atomic E-state index is -1.04. The van der Waals surface area contributed by atoms with Gasteiger partial charge in [0, 0.05) is 73.3 Å². The summed E-state index contributed by atoms with van der Waals surface area (Å²) in [6.07, 6.45) is 7.18. The molecule has 11 aromatic rings. The number of aliphatic carboxylic acids is 5. The molecule has 13 rings (SSSR count). The summed E-state index contributed by atoms with van der Waals surface area (Å²) in [7, 11) is 3.83. The molecule has 0 spiro atoms. The van der Waals surface area contributed by atoms with Gasteiger partial charge in [-0.2, -0.15) is 0 Å². The van der Waals surface area contributed by atoms with Crippen molar-refractivity contribution < 1.29 is 81.9 Å². The van der Waals surface area contributed by atoms with Crippen LogP contribution in [0.5, 0.6) is 11.5 Å². The number of rotatable bonds is 19. The van der Waals surface area contributed by atoms with Gasteiger partial charge >= 0.3 is 29.8 Å². The van der Waals surface area contributed by atoms with Crippen molar-refractivity contribution in [1.82, 2.24) is 14.1 Å². The first kappa shape index (κ1) is 78.6. The SMILES string of the molecule is CC1=C(CC(=O)O)c2cc(F)ccc2/C1=C\c1ccc(S(C)=O)cc1.CCc1cccc2c3c([nH]c12)C(CC)(CC(=O)O)OCC3.COc1ccc2c(c1)c(CC(=O)O)cn2C(=O)c1ccc(Cl)cc1.COc1ccc2cc(C(C)C(=O)O)ccc2c1.Cc1ccc(C(=O)c2ccc(CC(=O)O)n2C)cc1. The predicted molar refractivity (Wildman–Crippen MR) is 408 cm³/mol. The average molecular weight is 1480 g/mol. The number of aryl methyl sites for hydroxylation is 2. The van der Waals surface area contributed by atoms with Crippen LogP contribution in [0.2, 0.25) is 5.02 Å². The summed E-state index contributed by atoms with van der Waals surface area (Å²) in [5, 5.41) is 49.8. The zero-order valence-electron chi connectivity index (χ0n) is 59.9. The van der Waals surface area contributed by atoms with Gasteiger partial charge in [-0.1, -0.05) is 116 Å². The summed E-state index contributed by atoms with van der Waals surface area (Å²) < 4.78 is 44.5. The molecule has 22 heteroatoms. The fraction of sp³-hybridized carbons (Fsp3) is 0.226. The number of carboxylic acids is 5. The molecule has 106 heavy (non-hydrogen) atoms. The highest BCUT2D eigenvalue weighted by Gasteiger charge is 2.41. The standard InChI is InChI=1S/C20H17FO3S.C18H14ClNO4.C17H21NO3.C15H15NO3.C14H14O3/c1-12-17(9-13-3-6-15(7-4-13)25(2)24)16-8-5-14(21)10-19(16)18(12)11-20(22)23;1-24-14-6-7-16-15(9-14)12(8-17(21)22)10-20(16)18(23)11-2-4-13(19)5-3-11;1-3-11-6-5-7-12-13-8-9-21-17(4-2,10-14(19)20)16(13)18-15(11)12;1-10-3-5-11(6-4-10)15(19)13-8-7-12(16(13)2)9-14(17)18;1-9(14(15)16)10-3-4-12-8-13(17-2)6-5-11(12)7-10/h3-10H,11H2,1-2H3,(H,22,23);2-7,9-10H,8H2,1H3,(H,21,22);5-7,18H,3-4,8-10H2,1-2H3,(H,19,20);3-8H,9H2,1-2H3,(H,17,18);3-9H,1-2H3,(H,15,16)/b17-9-;;;;. The van der Waals surface area contributed by atoms with Crippen molar-refractivity contribution in [2.24, 2.45) is 7.05 Å². The molecule has 0 amide bonds. The third-order valence-corrected chi connectivity index (χ3v) is 19.9. The Balaban J connectivity index is 0.000000154. The van der Waals surface area contributed by atoms with E-state index < -0.39 is 52.2 Å². The molecule has 3 atom stereocenters. The van der Waals surface area contributed by atoms with E-state index in [9.17, 15) is 47.3 Å². The van der Waals surface area contributed by atoms with Crippen LogP contribution < -0.4 is 9.47 Å². The van der Waals surface area contributed by atoms with Gasteiger partial charge in [-0.3, -0.25) is 42.3 Å². The lowest BCUT2D eigenvalue weighted by atomic mass is 9.86. The van der Waals surface area contributed by atoms with Crippen LogP contribution in [0.15, 0.2) is 193 Å². The molecule has 0 saturated heterocycles. The number of H-pyrrole nitrogens is 1. The Bertz CT molecular complexity index is 5240. The van der Waals surface area contributed by atoms with E-state index >= 15 is 0 Å².